The number of hydrogen-bond donors (Lipinski definition) is 1. The number of pyridine rings is 1. The van der Waals surface area contributed by atoms with E-state index < -0.39 is 21.6 Å². The summed E-state index contributed by atoms with van der Waals surface area (Å²) in [5, 5.41) is 7.16. The molecule has 1 aliphatic heterocycles. The van der Waals surface area contributed by atoms with Crippen LogP contribution in [0.15, 0.2) is 53.7 Å². The van der Waals surface area contributed by atoms with Gasteiger partial charge in [0.05, 0.1) is 22.3 Å². The molecular weight excluding hydrogens is 455 g/mol. The van der Waals surface area contributed by atoms with Crippen LogP contribution in [0, 0.1) is 0 Å². The zero-order valence-electron chi connectivity index (χ0n) is 18.2. The van der Waals surface area contributed by atoms with Gasteiger partial charge < -0.3 is 4.90 Å². The summed E-state index contributed by atoms with van der Waals surface area (Å²) in [7, 11) is -3.26. The molecule has 176 valence electrons. The maximum Gasteiger partial charge on any atom is 0.417 e. The number of piperazine rings is 1. The van der Waals surface area contributed by atoms with Crippen LogP contribution in [0.1, 0.15) is 18.1 Å². The van der Waals surface area contributed by atoms with Crippen molar-refractivity contribution in [2.45, 2.75) is 30.6 Å². The molecule has 3 aromatic rings. The molecule has 0 radical (unpaired) electrons. The average Bonchev–Trinajstić information content (AvgIpc) is 3.21. The lowest BCUT2D eigenvalue weighted by atomic mass is 10.1. The number of nitrogens with zero attached hydrogens (tertiary/aromatic N) is 4. The number of sulfone groups is 1. The first-order valence-corrected chi connectivity index (χ1v) is 12.3. The standard InChI is InChI=1S/C22H24F3N5O2S/c1-15-13-29(9-10-30(15)20-8-5-18(12-26-20)22(23,24)25)14-17-11-27-28-21(17)16-3-6-19(7-4-16)33(2,31)32/h3-8,11-12,15H,9-10,13-14H2,1-2H3,(H,27,28)/t15-/m1/s1. The van der Waals surface area contributed by atoms with E-state index in [0.717, 1.165) is 29.1 Å². The lowest BCUT2D eigenvalue weighted by Crippen LogP contribution is -2.51. The zero-order chi connectivity index (χ0) is 23.8. The van der Waals surface area contributed by atoms with Crippen molar-refractivity contribution < 1.29 is 21.6 Å². The van der Waals surface area contributed by atoms with E-state index in [0.29, 0.717) is 32.0 Å². The van der Waals surface area contributed by atoms with Crippen molar-refractivity contribution in [3.05, 3.63) is 59.9 Å². The number of benzene rings is 1. The lowest BCUT2D eigenvalue weighted by molar-refractivity contribution is -0.137. The second-order valence-electron chi connectivity index (χ2n) is 8.25. The number of aromatic nitrogens is 3. The Balaban J connectivity index is 1.43. The quantitative estimate of drug-likeness (QED) is 0.602. The molecule has 0 bridgehead atoms. The van der Waals surface area contributed by atoms with E-state index in [1.54, 1.807) is 30.5 Å². The maximum absolute atomic E-state index is 12.8. The highest BCUT2D eigenvalue weighted by atomic mass is 32.2. The van der Waals surface area contributed by atoms with Gasteiger partial charge in [0.15, 0.2) is 9.84 Å². The van der Waals surface area contributed by atoms with Crippen molar-refractivity contribution in [1.82, 2.24) is 20.1 Å². The van der Waals surface area contributed by atoms with Crippen LogP contribution >= 0.6 is 0 Å². The smallest absolute Gasteiger partial charge is 0.351 e. The molecule has 0 amide bonds. The van der Waals surface area contributed by atoms with Gasteiger partial charge in [0, 0.05) is 50.2 Å². The Bertz CT molecular complexity index is 1210. The molecule has 1 aromatic carbocycles. The molecule has 3 heterocycles. The van der Waals surface area contributed by atoms with Gasteiger partial charge in [-0.3, -0.25) is 10.00 Å². The first kappa shape index (κ1) is 23.2. The van der Waals surface area contributed by atoms with Crippen molar-refractivity contribution in [2.75, 3.05) is 30.8 Å². The third-order valence-corrected chi connectivity index (χ3v) is 6.89. The monoisotopic (exact) mass is 479 g/mol. The fourth-order valence-corrected chi connectivity index (χ4v) is 4.66. The van der Waals surface area contributed by atoms with Crippen LogP contribution in [0.3, 0.4) is 0 Å². The highest BCUT2D eigenvalue weighted by Gasteiger charge is 2.32. The van der Waals surface area contributed by atoms with E-state index in [1.165, 1.54) is 12.3 Å². The minimum Gasteiger partial charge on any atom is -0.351 e. The number of halogens is 3. The summed E-state index contributed by atoms with van der Waals surface area (Å²) in [6.45, 7) is 4.71. The van der Waals surface area contributed by atoms with Crippen LogP contribution in [0.2, 0.25) is 0 Å². The Morgan fingerprint density at radius 2 is 1.82 bits per heavy atom. The molecule has 2 aromatic heterocycles. The Morgan fingerprint density at radius 1 is 1.09 bits per heavy atom. The van der Waals surface area contributed by atoms with Gasteiger partial charge in [-0.2, -0.15) is 18.3 Å². The second-order valence-corrected chi connectivity index (χ2v) is 10.3. The Kier molecular flexibility index (Phi) is 6.19. The van der Waals surface area contributed by atoms with Gasteiger partial charge in [0.2, 0.25) is 0 Å². The molecule has 1 atom stereocenters. The number of anilines is 1. The fourth-order valence-electron chi connectivity index (χ4n) is 4.03. The molecule has 7 nitrogen and oxygen atoms in total. The largest absolute Gasteiger partial charge is 0.417 e. The number of rotatable bonds is 5. The molecule has 1 fully saturated rings. The Labute approximate surface area is 190 Å². The topological polar surface area (TPSA) is 82.2 Å². The van der Waals surface area contributed by atoms with Gasteiger partial charge in [-0.05, 0) is 36.8 Å². The average molecular weight is 480 g/mol. The Hall–Kier alpha value is -2.92. The Morgan fingerprint density at radius 3 is 2.39 bits per heavy atom. The summed E-state index contributed by atoms with van der Waals surface area (Å²) in [6, 6.07) is 9.21. The van der Waals surface area contributed by atoms with Gasteiger partial charge in [-0.25, -0.2) is 13.4 Å². The molecule has 1 N–H and O–H groups in total. The van der Waals surface area contributed by atoms with E-state index in [2.05, 4.69) is 20.1 Å². The molecule has 0 unspecified atom stereocenters. The molecule has 1 aliphatic rings. The van der Waals surface area contributed by atoms with Crippen molar-refractivity contribution in [1.29, 1.82) is 0 Å². The SMILES string of the molecule is C[C@@H]1CN(Cc2cn[nH]c2-c2ccc(S(C)(=O)=O)cc2)CCN1c1ccc(C(F)(F)F)cn1. The van der Waals surface area contributed by atoms with Gasteiger partial charge in [0.25, 0.3) is 0 Å². The van der Waals surface area contributed by atoms with E-state index in [9.17, 15) is 21.6 Å². The molecule has 0 saturated carbocycles. The minimum atomic E-state index is -4.40. The van der Waals surface area contributed by atoms with Gasteiger partial charge in [-0.15, -0.1) is 0 Å². The molecule has 0 aliphatic carbocycles. The summed E-state index contributed by atoms with van der Waals surface area (Å²) < 4.78 is 61.8. The number of H-pyrrole nitrogens is 1. The van der Waals surface area contributed by atoms with E-state index in [4.69, 9.17) is 0 Å². The normalized spacial score (nSPS) is 18.0. The minimum absolute atomic E-state index is 0.0624. The predicted molar refractivity (Wildman–Crippen MR) is 118 cm³/mol. The molecular formula is C22H24F3N5O2S. The summed E-state index contributed by atoms with van der Waals surface area (Å²) >= 11 is 0. The van der Waals surface area contributed by atoms with Crippen LogP contribution in [-0.2, 0) is 22.6 Å². The van der Waals surface area contributed by atoms with Crippen LogP contribution < -0.4 is 4.90 Å². The number of aromatic amines is 1. The van der Waals surface area contributed by atoms with E-state index >= 15 is 0 Å². The van der Waals surface area contributed by atoms with Gasteiger partial charge in [-0.1, -0.05) is 12.1 Å². The van der Waals surface area contributed by atoms with Gasteiger partial charge >= 0.3 is 6.18 Å². The second kappa shape index (κ2) is 8.79. The number of alkyl halides is 3. The number of hydrogen-bond acceptors (Lipinski definition) is 6. The fraction of sp³-hybridized carbons (Fsp3) is 0.364. The molecule has 33 heavy (non-hydrogen) atoms. The van der Waals surface area contributed by atoms with Crippen LogP contribution in [-0.4, -0.2) is 60.4 Å². The lowest BCUT2D eigenvalue weighted by Gasteiger charge is -2.40. The zero-order valence-corrected chi connectivity index (χ0v) is 19.0. The summed E-state index contributed by atoms with van der Waals surface area (Å²) in [5.74, 6) is 0.533. The highest BCUT2D eigenvalue weighted by molar-refractivity contribution is 7.90. The van der Waals surface area contributed by atoms with E-state index in [-0.39, 0.29) is 10.9 Å². The third-order valence-electron chi connectivity index (χ3n) is 5.76. The van der Waals surface area contributed by atoms with Crippen LogP contribution in [0.25, 0.3) is 11.3 Å². The molecule has 0 spiro atoms. The summed E-state index contributed by atoms with van der Waals surface area (Å²) in [5.41, 5.74) is 1.90. The number of nitrogens with one attached hydrogen (secondary N) is 1. The predicted octanol–water partition coefficient (Wildman–Crippen LogP) is 3.60. The van der Waals surface area contributed by atoms with Crippen molar-refractivity contribution >= 4 is 15.7 Å². The summed E-state index contributed by atoms with van der Waals surface area (Å²) in [6.07, 6.45) is -0.594. The highest BCUT2D eigenvalue weighted by Crippen LogP contribution is 2.30. The van der Waals surface area contributed by atoms with Crippen molar-refractivity contribution in [3.8, 4) is 11.3 Å². The molecule has 11 heteroatoms. The van der Waals surface area contributed by atoms with E-state index in [1.807, 2.05) is 11.8 Å². The van der Waals surface area contributed by atoms with Gasteiger partial charge in [0.1, 0.15) is 5.82 Å². The van der Waals surface area contributed by atoms with Crippen molar-refractivity contribution in [3.63, 3.8) is 0 Å². The maximum atomic E-state index is 12.8. The third kappa shape index (κ3) is 5.19. The van der Waals surface area contributed by atoms with Crippen molar-refractivity contribution in [2.24, 2.45) is 0 Å². The van der Waals surface area contributed by atoms with Crippen LogP contribution in [0.5, 0.6) is 0 Å². The molecule has 1 saturated heterocycles. The molecule has 4 rings (SSSR count). The first-order valence-electron chi connectivity index (χ1n) is 10.4. The first-order chi connectivity index (χ1) is 15.5. The summed E-state index contributed by atoms with van der Waals surface area (Å²) in [4.78, 5) is 8.55. The van der Waals surface area contributed by atoms with Crippen LogP contribution in [0.4, 0.5) is 19.0 Å².